The highest BCUT2D eigenvalue weighted by atomic mass is 32.1. The van der Waals surface area contributed by atoms with E-state index in [1.54, 1.807) is 26.0 Å². The van der Waals surface area contributed by atoms with Gasteiger partial charge in [0, 0.05) is 17.4 Å². The Labute approximate surface area is 143 Å². The van der Waals surface area contributed by atoms with Gasteiger partial charge in [0.15, 0.2) is 6.61 Å². The first kappa shape index (κ1) is 17.9. The lowest BCUT2D eigenvalue weighted by Gasteiger charge is -2.03. The first-order chi connectivity index (χ1) is 11.4. The molecule has 1 N–H and O–H groups in total. The maximum absolute atomic E-state index is 12.1. The topological polar surface area (TPSA) is 98.5 Å². The number of ether oxygens (including phenoxy) is 1. The summed E-state index contributed by atoms with van der Waals surface area (Å²) in [6, 6.07) is 3.42. The Morgan fingerprint density at radius 3 is 2.67 bits per heavy atom. The fourth-order valence-electron chi connectivity index (χ4n) is 2.00. The summed E-state index contributed by atoms with van der Waals surface area (Å²) in [6.07, 6.45) is 0.0205. The SMILES string of the molecule is CC(=O)NCc1ccc(C(=O)COC(=O)Cc2c(C)noc2C)s1. The van der Waals surface area contributed by atoms with E-state index in [0.29, 0.717) is 28.4 Å². The highest BCUT2D eigenvalue weighted by molar-refractivity contribution is 7.14. The number of hydrogen-bond donors (Lipinski definition) is 1. The number of rotatable bonds is 7. The van der Waals surface area contributed by atoms with Gasteiger partial charge in [0.25, 0.3) is 0 Å². The summed E-state index contributed by atoms with van der Waals surface area (Å²) < 4.78 is 10.0. The molecule has 0 aliphatic carbocycles. The third-order valence-electron chi connectivity index (χ3n) is 3.31. The van der Waals surface area contributed by atoms with Crippen molar-refractivity contribution in [1.29, 1.82) is 0 Å². The van der Waals surface area contributed by atoms with E-state index in [-0.39, 0.29) is 24.7 Å². The van der Waals surface area contributed by atoms with Crippen LogP contribution in [0.2, 0.25) is 0 Å². The molecule has 0 aliphatic rings. The van der Waals surface area contributed by atoms with Crippen LogP contribution in [0.3, 0.4) is 0 Å². The van der Waals surface area contributed by atoms with Crippen molar-refractivity contribution in [3.8, 4) is 0 Å². The smallest absolute Gasteiger partial charge is 0.310 e. The van der Waals surface area contributed by atoms with E-state index in [4.69, 9.17) is 9.26 Å². The van der Waals surface area contributed by atoms with E-state index in [9.17, 15) is 14.4 Å². The van der Waals surface area contributed by atoms with Crippen LogP contribution in [0.4, 0.5) is 0 Å². The lowest BCUT2D eigenvalue weighted by Crippen LogP contribution is -2.18. The number of aromatic nitrogens is 1. The molecule has 2 rings (SSSR count). The van der Waals surface area contributed by atoms with Gasteiger partial charge in [0.2, 0.25) is 11.7 Å². The molecule has 0 atom stereocenters. The quantitative estimate of drug-likeness (QED) is 0.605. The summed E-state index contributed by atoms with van der Waals surface area (Å²) >= 11 is 1.26. The highest BCUT2D eigenvalue weighted by Crippen LogP contribution is 2.17. The number of nitrogens with one attached hydrogen (secondary N) is 1. The van der Waals surface area contributed by atoms with Crippen LogP contribution in [0, 0.1) is 13.8 Å². The Hall–Kier alpha value is -2.48. The van der Waals surface area contributed by atoms with Crippen LogP contribution in [0.15, 0.2) is 16.7 Å². The molecule has 0 spiro atoms. The van der Waals surface area contributed by atoms with Gasteiger partial charge in [-0.05, 0) is 26.0 Å². The molecule has 0 aromatic carbocycles. The number of esters is 1. The predicted molar refractivity (Wildman–Crippen MR) is 86.8 cm³/mol. The summed E-state index contributed by atoms with van der Waals surface area (Å²) in [7, 11) is 0. The standard InChI is InChI=1S/C16H18N2O5S/c1-9-13(10(2)23-18-9)6-16(21)22-8-14(20)15-5-4-12(24-15)7-17-11(3)19/h4-5H,6-8H2,1-3H3,(H,17,19). The zero-order valence-electron chi connectivity index (χ0n) is 13.7. The number of carbonyl (C=O) groups is 3. The van der Waals surface area contributed by atoms with Crippen molar-refractivity contribution in [1.82, 2.24) is 10.5 Å². The zero-order valence-corrected chi connectivity index (χ0v) is 14.5. The van der Waals surface area contributed by atoms with E-state index >= 15 is 0 Å². The minimum absolute atomic E-state index is 0.0205. The van der Waals surface area contributed by atoms with Crippen LogP contribution in [0.25, 0.3) is 0 Å². The van der Waals surface area contributed by atoms with Crippen molar-refractivity contribution in [3.63, 3.8) is 0 Å². The minimum Gasteiger partial charge on any atom is -0.457 e. The van der Waals surface area contributed by atoms with Crippen molar-refractivity contribution in [2.24, 2.45) is 0 Å². The lowest BCUT2D eigenvalue weighted by molar-refractivity contribution is -0.141. The Bertz CT molecular complexity index is 743. The minimum atomic E-state index is -0.507. The number of thiophene rings is 1. The van der Waals surface area contributed by atoms with E-state index < -0.39 is 5.97 Å². The normalized spacial score (nSPS) is 10.5. The summed E-state index contributed by atoms with van der Waals surface area (Å²) in [6.45, 7) is 4.95. The van der Waals surface area contributed by atoms with E-state index in [0.717, 1.165) is 4.88 Å². The maximum atomic E-state index is 12.1. The molecule has 0 saturated heterocycles. The predicted octanol–water partition coefficient (Wildman–Crippen LogP) is 1.96. The second-order valence-corrected chi connectivity index (χ2v) is 6.41. The van der Waals surface area contributed by atoms with E-state index in [1.165, 1.54) is 18.3 Å². The largest absolute Gasteiger partial charge is 0.457 e. The van der Waals surface area contributed by atoms with Crippen LogP contribution in [-0.4, -0.2) is 29.4 Å². The molecule has 0 bridgehead atoms. The maximum Gasteiger partial charge on any atom is 0.310 e. The molecule has 0 unspecified atom stereocenters. The summed E-state index contributed by atoms with van der Waals surface area (Å²) in [4.78, 5) is 36.1. The molecule has 0 aliphatic heterocycles. The molecule has 7 nitrogen and oxygen atoms in total. The Balaban J connectivity index is 1.84. The van der Waals surface area contributed by atoms with Gasteiger partial charge in [-0.15, -0.1) is 11.3 Å². The zero-order chi connectivity index (χ0) is 17.7. The molecule has 2 aromatic heterocycles. The molecular weight excluding hydrogens is 332 g/mol. The number of hydrogen-bond acceptors (Lipinski definition) is 7. The van der Waals surface area contributed by atoms with Crippen LogP contribution in [0.5, 0.6) is 0 Å². The third-order valence-corrected chi connectivity index (χ3v) is 4.44. The average Bonchev–Trinajstić information content (AvgIpc) is 3.13. The fraction of sp³-hybridized carbons (Fsp3) is 0.375. The van der Waals surface area contributed by atoms with Gasteiger partial charge >= 0.3 is 5.97 Å². The second kappa shape index (κ2) is 7.87. The third kappa shape index (κ3) is 4.76. The Morgan fingerprint density at radius 1 is 1.29 bits per heavy atom. The number of aryl methyl sites for hydroxylation is 2. The molecule has 2 aromatic rings. The van der Waals surface area contributed by atoms with Gasteiger partial charge < -0.3 is 14.6 Å². The lowest BCUT2D eigenvalue weighted by atomic mass is 10.1. The molecule has 0 radical (unpaired) electrons. The van der Waals surface area contributed by atoms with Gasteiger partial charge in [0.05, 0.1) is 23.5 Å². The Morgan fingerprint density at radius 2 is 2.04 bits per heavy atom. The molecular formula is C16H18N2O5S. The van der Waals surface area contributed by atoms with Crippen molar-refractivity contribution in [3.05, 3.63) is 38.9 Å². The van der Waals surface area contributed by atoms with Crippen molar-refractivity contribution in [2.45, 2.75) is 33.7 Å². The van der Waals surface area contributed by atoms with Gasteiger partial charge in [-0.1, -0.05) is 5.16 Å². The summed E-state index contributed by atoms with van der Waals surface area (Å²) in [5.74, 6) is -0.352. The first-order valence-electron chi connectivity index (χ1n) is 7.30. The van der Waals surface area contributed by atoms with Gasteiger partial charge in [-0.3, -0.25) is 14.4 Å². The highest BCUT2D eigenvalue weighted by Gasteiger charge is 2.17. The monoisotopic (exact) mass is 350 g/mol. The van der Waals surface area contributed by atoms with Crippen LogP contribution < -0.4 is 5.32 Å². The van der Waals surface area contributed by atoms with Crippen molar-refractivity contribution >= 4 is 29.0 Å². The number of carbonyl (C=O) groups excluding carboxylic acids is 3. The Kier molecular flexibility index (Phi) is 5.86. The molecule has 128 valence electrons. The van der Waals surface area contributed by atoms with Crippen molar-refractivity contribution < 1.29 is 23.6 Å². The second-order valence-electron chi connectivity index (χ2n) is 5.24. The van der Waals surface area contributed by atoms with Gasteiger partial charge in [0.1, 0.15) is 5.76 Å². The van der Waals surface area contributed by atoms with Crippen molar-refractivity contribution in [2.75, 3.05) is 6.61 Å². The molecule has 0 fully saturated rings. The van der Waals surface area contributed by atoms with E-state index in [1.807, 2.05) is 0 Å². The van der Waals surface area contributed by atoms with Gasteiger partial charge in [-0.2, -0.15) is 0 Å². The molecule has 8 heteroatoms. The molecule has 24 heavy (non-hydrogen) atoms. The fourth-order valence-corrected chi connectivity index (χ4v) is 2.87. The van der Waals surface area contributed by atoms with E-state index in [2.05, 4.69) is 10.5 Å². The molecule has 0 saturated carbocycles. The number of Topliss-reactive ketones (excluding diaryl/α,β-unsaturated/α-hetero) is 1. The number of nitrogens with zero attached hydrogens (tertiary/aromatic N) is 1. The summed E-state index contributed by atoms with van der Waals surface area (Å²) in [5.41, 5.74) is 1.32. The first-order valence-corrected chi connectivity index (χ1v) is 8.12. The van der Waals surface area contributed by atoms with Crippen LogP contribution in [0.1, 0.15) is 38.5 Å². The molecule has 2 heterocycles. The van der Waals surface area contributed by atoms with Crippen LogP contribution >= 0.6 is 11.3 Å². The number of amides is 1. The molecule has 1 amide bonds. The van der Waals surface area contributed by atoms with Gasteiger partial charge in [-0.25, -0.2) is 0 Å². The number of ketones is 1. The summed E-state index contributed by atoms with van der Waals surface area (Å²) in [5, 5.41) is 6.43. The van der Waals surface area contributed by atoms with Crippen LogP contribution in [-0.2, 0) is 27.3 Å². The average molecular weight is 350 g/mol.